The average molecular weight is 315 g/mol. The third-order valence-electron chi connectivity index (χ3n) is 3.97. The minimum atomic E-state index is -0.428. The predicted molar refractivity (Wildman–Crippen MR) is 89.6 cm³/mol. The number of hydrogen-bond acceptors (Lipinski definition) is 4. The van der Waals surface area contributed by atoms with E-state index >= 15 is 0 Å². The molecular weight excluding hydrogens is 294 g/mol. The fourth-order valence-electron chi connectivity index (χ4n) is 2.97. The van der Waals surface area contributed by atoms with Gasteiger partial charge in [-0.15, -0.1) is 0 Å². The first-order chi connectivity index (χ1) is 10.9. The standard InChI is InChI=1S/C17H21N3O3/c1-11-4-6-14(7-5-11)20-16(21)8-15(18-17(20)22)19-9-12(2)23-13(3)10-19/h4-8,12-13H,9-10H2,1-3H3,(H,18,22)/t12-,13-/m0/s1. The first kappa shape index (κ1) is 15.6. The SMILES string of the molecule is Cc1ccc(-n2c(=O)cc(N3C[C@H](C)O[C@@H](C)C3)[nH]c2=O)cc1. The second-order valence-electron chi connectivity index (χ2n) is 6.13. The zero-order valence-corrected chi connectivity index (χ0v) is 13.6. The molecule has 1 aromatic carbocycles. The van der Waals surface area contributed by atoms with Gasteiger partial charge in [-0.1, -0.05) is 17.7 Å². The number of aryl methyl sites for hydroxylation is 1. The van der Waals surface area contributed by atoms with E-state index in [0.717, 1.165) is 10.1 Å². The van der Waals surface area contributed by atoms with E-state index in [9.17, 15) is 9.59 Å². The smallest absolute Gasteiger partial charge is 0.334 e. The maximum absolute atomic E-state index is 12.4. The molecule has 1 aromatic heterocycles. The number of anilines is 1. The maximum Gasteiger partial charge on any atom is 0.334 e. The van der Waals surface area contributed by atoms with Crippen LogP contribution >= 0.6 is 0 Å². The monoisotopic (exact) mass is 315 g/mol. The summed E-state index contributed by atoms with van der Waals surface area (Å²) in [5.41, 5.74) is 0.880. The van der Waals surface area contributed by atoms with Gasteiger partial charge in [0.15, 0.2) is 0 Å². The highest BCUT2D eigenvalue weighted by molar-refractivity contribution is 5.40. The Labute approximate surface area is 134 Å². The van der Waals surface area contributed by atoms with Crippen LogP contribution in [0.25, 0.3) is 5.69 Å². The van der Waals surface area contributed by atoms with Crippen molar-refractivity contribution in [1.82, 2.24) is 9.55 Å². The van der Waals surface area contributed by atoms with E-state index in [2.05, 4.69) is 4.98 Å². The third-order valence-corrected chi connectivity index (χ3v) is 3.97. The summed E-state index contributed by atoms with van der Waals surface area (Å²) in [4.78, 5) is 29.6. The van der Waals surface area contributed by atoms with Crippen LogP contribution in [-0.2, 0) is 4.74 Å². The Morgan fingerprint density at radius 2 is 1.70 bits per heavy atom. The van der Waals surface area contributed by atoms with Crippen LogP contribution in [0.1, 0.15) is 19.4 Å². The third kappa shape index (κ3) is 3.22. The van der Waals surface area contributed by atoms with E-state index in [0.29, 0.717) is 24.6 Å². The van der Waals surface area contributed by atoms with Crippen molar-refractivity contribution in [3.05, 3.63) is 56.7 Å². The second kappa shape index (κ2) is 6.04. The summed E-state index contributed by atoms with van der Waals surface area (Å²) in [6.45, 7) is 7.21. The molecule has 1 saturated heterocycles. The number of rotatable bonds is 2. The zero-order valence-electron chi connectivity index (χ0n) is 13.6. The zero-order chi connectivity index (χ0) is 16.6. The molecule has 23 heavy (non-hydrogen) atoms. The van der Waals surface area contributed by atoms with E-state index in [4.69, 9.17) is 4.74 Å². The molecule has 3 rings (SSSR count). The molecule has 0 amide bonds. The van der Waals surface area contributed by atoms with Gasteiger partial charge in [0.05, 0.1) is 17.9 Å². The van der Waals surface area contributed by atoms with Crippen molar-refractivity contribution in [3.63, 3.8) is 0 Å². The molecule has 2 heterocycles. The lowest BCUT2D eigenvalue weighted by Crippen LogP contribution is -2.47. The fourth-order valence-corrected chi connectivity index (χ4v) is 2.97. The Bertz CT molecular complexity index is 766. The predicted octanol–water partition coefficient (Wildman–Crippen LogP) is 1.45. The van der Waals surface area contributed by atoms with Crippen LogP contribution in [0.2, 0.25) is 0 Å². The molecule has 2 atom stereocenters. The van der Waals surface area contributed by atoms with Gasteiger partial charge >= 0.3 is 5.69 Å². The Morgan fingerprint density at radius 1 is 1.09 bits per heavy atom. The average Bonchev–Trinajstić information content (AvgIpc) is 2.47. The van der Waals surface area contributed by atoms with Gasteiger partial charge in [0, 0.05) is 19.2 Å². The van der Waals surface area contributed by atoms with E-state index in [1.54, 1.807) is 12.1 Å². The van der Waals surface area contributed by atoms with Crippen LogP contribution in [0, 0.1) is 6.92 Å². The van der Waals surface area contributed by atoms with E-state index in [-0.39, 0.29) is 17.8 Å². The fraction of sp³-hybridized carbons (Fsp3) is 0.412. The van der Waals surface area contributed by atoms with Crippen molar-refractivity contribution >= 4 is 5.82 Å². The molecule has 1 aliphatic heterocycles. The number of morpholine rings is 1. The molecule has 0 saturated carbocycles. The number of nitrogens with zero attached hydrogens (tertiary/aromatic N) is 2. The molecule has 1 aliphatic rings. The first-order valence-electron chi connectivity index (χ1n) is 7.78. The molecule has 1 fully saturated rings. The molecule has 2 aromatic rings. The van der Waals surface area contributed by atoms with Gasteiger partial charge in [0.25, 0.3) is 5.56 Å². The van der Waals surface area contributed by atoms with Crippen molar-refractivity contribution in [1.29, 1.82) is 0 Å². The quantitative estimate of drug-likeness (QED) is 0.911. The van der Waals surface area contributed by atoms with Crippen LogP contribution in [-0.4, -0.2) is 34.8 Å². The van der Waals surface area contributed by atoms with Crippen molar-refractivity contribution < 1.29 is 4.74 Å². The highest BCUT2D eigenvalue weighted by Gasteiger charge is 2.23. The molecule has 0 bridgehead atoms. The summed E-state index contributed by atoms with van der Waals surface area (Å²) in [6.07, 6.45) is 0.114. The van der Waals surface area contributed by atoms with E-state index < -0.39 is 5.69 Å². The number of aromatic amines is 1. The number of ether oxygens (including phenoxy) is 1. The van der Waals surface area contributed by atoms with Gasteiger partial charge in [-0.25, -0.2) is 9.36 Å². The van der Waals surface area contributed by atoms with Gasteiger partial charge in [-0.05, 0) is 32.9 Å². The normalized spacial score (nSPS) is 21.4. The van der Waals surface area contributed by atoms with Crippen molar-refractivity contribution in [2.24, 2.45) is 0 Å². The lowest BCUT2D eigenvalue weighted by Gasteiger charge is -2.36. The van der Waals surface area contributed by atoms with Crippen molar-refractivity contribution in [3.8, 4) is 5.69 Å². The van der Waals surface area contributed by atoms with Crippen molar-refractivity contribution in [2.45, 2.75) is 33.0 Å². The highest BCUT2D eigenvalue weighted by atomic mass is 16.5. The molecular formula is C17H21N3O3. The number of aromatic nitrogens is 2. The molecule has 0 unspecified atom stereocenters. The molecule has 6 heteroatoms. The number of hydrogen-bond donors (Lipinski definition) is 1. The van der Waals surface area contributed by atoms with Gasteiger partial charge in [0.2, 0.25) is 0 Å². The lowest BCUT2D eigenvalue weighted by molar-refractivity contribution is -0.00549. The Balaban J connectivity index is 1.99. The largest absolute Gasteiger partial charge is 0.372 e. The number of H-pyrrole nitrogens is 1. The first-order valence-corrected chi connectivity index (χ1v) is 7.78. The molecule has 0 aliphatic carbocycles. The summed E-state index contributed by atoms with van der Waals surface area (Å²) >= 11 is 0. The summed E-state index contributed by atoms with van der Waals surface area (Å²) in [5, 5.41) is 0. The summed E-state index contributed by atoms with van der Waals surface area (Å²) in [7, 11) is 0. The Hall–Kier alpha value is -2.34. The number of nitrogens with one attached hydrogen (secondary N) is 1. The molecule has 6 nitrogen and oxygen atoms in total. The van der Waals surface area contributed by atoms with Crippen LogP contribution in [0.5, 0.6) is 0 Å². The maximum atomic E-state index is 12.4. The van der Waals surface area contributed by atoms with E-state index in [1.807, 2.05) is 37.8 Å². The van der Waals surface area contributed by atoms with Gasteiger partial charge < -0.3 is 9.64 Å². The van der Waals surface area contributed by atoms with Crippen LogP contribution in [0.3, 0.4) is 0 Å². The van der Waals surface area contributed by atoms with Gasteiger partial charge in [-0.2, -0.15) is 0 Å². The minimum Gasteiger partial charge on any atom is -0.372 e. The van der Waals surface area contributed by atoms with Crippen LogP contribution < -0.4 is 16.1 Å². The topological polar surface area (TPSA) is 67.3 Å². The molecule has 0 spiro atoms. The van der Waals surface area contributed by atoms with Crippen molar-refractivity contribution in [2.75, 3.05) is 18.0 Å². The Kier molecular flexibility index (Phi) is 4.09. The van der Waals surface area contributed by atoms with Gasteiger partial charge in [0.1, 0.15) is 5.82 Å². The lowest BCUT2D eigenvalue weighted by atomic mass is 10.2. The number of benzene rings is 1. The summed E-state index contributed by atoms with van der Waals surface area (Å²) < 4.78 is 6.83. The minimum absolute atomic E-state index is 0.0572. The van der Waals surface area contributed by atoms with E-state index in [1.165, 1.54) is 6.07 Å². The summed E-state index contributed by atoms with van der Waals surface area (Å²) in [6, 6.07) is 8.77. The molecule has 0 radical (unpaired) electrons. The van der Waals surface area contributed by atoms with Crippen LogP contribution in [0.4, 0.5) is 5.82 Å². The van der Waals surface area contributed by atoms with Crippen LogP contribution in [0.15, 0.2) is 39.9 Å². The molecule has 1 N–H and O–H groups in total. The summed E-state index contributed by atoms with van der Waals surface area (Å²) in [5.74, 6) is 0.547. The Morgan fingerprint density at radius 3 is 2.26 bits per heavy atom. The highest BCUT2D eigenvalue weighted by Crippen LogP contribution is 2.16. The van der Waals surface area contributed by atoms with Gasteiger partial charge in [-0.3, -0.25) is 9.78 Å². The molecule has 122 valence electrons. The second-order valence-corrected chi connectivity index (χ2v) is 6.13.